The first-order valence-corrected chi connectivity index (χ1v) is 9.66. The lowest BCUT2D eigenvalue weighted by Gasteiger charge is -2.07. The first-order chi connectivity index (χ1) is 9.26. The average molecular weight is 332 g/mol. The molecule has 2 aromatic rings. The van der Waals surface area contributed by atoms with Gasteiger partial charge in [-0.15, -0.1) is 11.3 Å². The molecule has 0 spiro atoms. The second-order valence-corrected chi connectivity index (χ2v) is 8.36. The molecule has 6 nitrogen and oxygen atoms in total. The van der Waals surface area contributed by atoms with Crippen LogP contribution in [-0.4, -0.2) is 23.1 Å². The van der Waals surface area contributed by atoms with Gasteiger partial charge in [-0.1, -0.05) is 0 Å². The maximum atomic E-state index is 12.1. The molecule has 0 aliphatic rings. The van der Waals surface area contributed by atoms with E-state index in [1.54, 1.807) is 17.5 Å². The monoisotopic (exact) mass is 332 g/mol. The first kappa shape index (κ1) is 14.8. The van der Waals surface area contributed by atoms with Crippen molar-refractivity contribution in [3.63, 3.8) is 0 Å². The molecular weight excluding hydrogens is 320 g/mol. The normalized spacial score (nSPS) is 12.1. The smallest absolute Gasteiger partial charge is 0.262 e. The van der Waals surface area contributed by atoms with Crippen molar-refractivity contribution in [2.24, 2.45) is 0 Å². The molecule has 0 aliphatic carbocycles. The van der Waals surface area contributed by atoms with Crippen molar-refractivity contribution in [3.8, 4) is 0 Å². The van der Waals surface area contributed by atoms with Gasteiger partial charge in [-0.25, -0.2) is 16.8 Å². The van der Waals surface area contributed by atoms with Gasteiger partial charge in [-0.2, -0.15) is 0 Å². The van der Waals surface area contributed by atoms with Gasteiger partial charge in [-0.05, 0) is 41.8 Å². The standard InChI is InChI=1S/C11H12N2O4S3/c1-19(14,15)12-9-4-6-10(7-5-9)20(16,17)13-11-3-2-8-18-11/h2-8,12-13H,1H3. The molecule has 0 saturated heterocycles. The van der Waals surface area contributed by atoms with Crippen LogP contribution in [0, 0.1) is 0 Å². The van der Waals surface area contributed by atoms with E-state index in [1.807, 2.05) is 0 Å². The van der Waals surface area contributed by atoms with Crippen LogP contribution in [0.1, 0.15) is 0 Å². The van der Waals surface area contributed by atoms with Gasteiger partial charge in [0, 0.05) is 5.69 Å². The fraction of sp³-hybridized carbons (Fsp3) is 0.0909. The number of sulfonamides is 2. The van der Waals surface area contributed by atoms with Crippen LogP contribution in [0.25, 0.3) is 0 Å². The Bertz CT molecular complexity index is 779. The number of anilines is 2. The number of rotatable bonds is 5. The van der Waals surface area contributed by atoms with Crippen LogP contribution in [0.4, 0.5) is 10.7 Å². The summed E-state index contributed by atoms with van der Waals surface area (Å²) in [6, 6.07) is 8.85. The third-order valence-corrected chi connectivity index (χ3v) is 5.13. The van der Waals surface area contributed by atoms with Crippen LogP contribution in [0.2, 0.25) is 0 Å². The lowest BCUT2D eigenvalue weighted by Crippen LogP contribution is -2.13. The van der Waals surface area contributed by atoms with E-state index in [0.29, 0.717) is 10.7 Å². The maximum Gasteiger partial charge on any atom is 0.262 e. The zero-order valence-electron chi connectivity index (χ0n) is 10.4. The van der Waals surface area contributed by atoms with Crippen molar-refractivity contribution in [1.29, 1.82) is 0 Å². The van der Waals surface area contributed by atoms with Gasteiger partial charge in [0.05, 0.1) is 11.2 Å². The van der Waals surface area contributed by atoms with E-state index < -0.39 is 20.0 Å². The Morgan fingerprint density at radius 2 is 1.60 bits per heavy atom. The van der Waals surface area contributed by atoms with Crippen LogP contribution >= 0.6 is 11.3 Å². The summed E-state index contributed by atoms with van der Waals surface area (Å²) in [6.45, 7) is 0. The molecule has 0 fully saturated rings. The Labute approximate surface area is 121 Å². The summed E-state index contributed by atoms with van der Waals surface area (Å²) in [5, 5.41) is 2.28. The molecule has 2 N–H and O–H groups in total. The van der Waals surface area contributed by atoms with Gasteiger partial charge < -0.3 is 0 Å². The van der Waals surface area contributed by atoms with Crippen molar-refractivity contribution in [3.05, 3.63) is 41.8 Å². The minimum Gasteiger partial charge on any atom is -0.284 e. The second kappa shape index (κ2) is 5.43. The van der Waals surface area contributed by atoms with E-state index >= 15 is 0 Å². The summed E-state index contributed by atoms with van der Waals surface area (Å²) in [5.74, 6) is 0. The summed E-state index contributed by atoms with van der Waals surface area (Å²) in [6.07, 6.45) is 1.02. The maximum absolute atomic E-state index is 12.1. The fourth-order valence-corrected chi connectivity index (χ4v) is 3.94. The molecule has 20 heavy (non-hydrogen) atoms. The Morgan fingerprint density at radius 3 is 2.10 bits per heavy atom. The highest BCUT2D eigenvalue weighted by Gasteiger charge is 2.14. The van der Waals surface area contributed by atoms with E-state index in [4.69, 9.17) is 0 Å². The summed E-state index contributed by atoms with van der Waals surface area (Å²) < 4.78 is 50.9. The van der Waals surface area contributed by atoms with Crippen molar-refractivity contribution < 1.29 is 16.8 Å². The van der Waals surface area contributed by atoms with E-state index in [1.165, 1.54) is 35.6 Å². The Morgan fingerprint density at radius 1 is 0.950 bits per heavy atom. The number of hydrogen-bond acceptors (Lipinski definition) is 5. The third kappa shape index (κ3) is 3.95. The van der Waals surface area contributed by atoms with Gasteiger partial charge in [0.2, 0.25) is 10.0 Å². The first-order valence-electron chi connectivity index (χ1n) is 5.40. The van der Waals surface area contributed by atoms with Gasteiger partial charge in [-0.3, -0.25) is 9.44 Å². The predicted octanol–water partition coefficient (Wildman–Crippen LogP) is 1.92. The predicted molar refractivity (Wildman–Crippen MR) is 80.0 cm³/mol. The van der Waals surface area contributed by atoms with E-state index in [0.717, 1.165) is 6.26 Å². The molecular formula is C11H12N2O4S3. The number of thiophene rings is 1. The number of benzene rings is 1. The summed E-state index contributed by atoms with van der Waals surface area (Å²) >= 11 is 1.27. The topological polar surface area (TPSA) is 92.3 Å². The fourth-order valence-electron chi connectivity index (χ4n) is 1.44. The lowest BCUT2D eigenvalue weighted by atomic mass is 10.3. The molecule has 0 saturated carbocycles. The van der Waals surface area contributed by atoms with Crippen LogP contribution in [0.5, 0.6) is 0 Å². The zero-order valence-corrected chi connectivity index (χ0v) is 12.8. The molecule has 0 aliphatic heterocycles. The molecule has 1 heterocycles. The molecule has 0 bridgehead atoms. The largest absolute Gasteiger partial charge is 0.284 e. The number of hydrogen-bond donors (Lipinski definition) is 2. The quantitative estimate of drug-likeness (QED) is 0.875. The summed E-state index contributed by atoms with van der Waals surface area (Å²) in [4.78, 5) is 0.0601. The molecule has 0 unspecified atom stereocenters. The van der Waals surface area contributed by atoms with Crippen LogP contribution in [-0.2, 0) is 20.0 Å². The molecule has 108 valence electrons. The zero-order chi connectivity index (χ0) is 14.8. The van der Waals surface area contributed by atoms with Gasteiger partial charge >= 0.3 is 0 Å². The SMILES string of the molecule is CS(=O)(=O)Nc1ccc(S(=O)(=O)Nc2cccs2)cc1. The van der Waals surface area contributed by atoms with Crippen molar-refractivity contribution >= 4 is 42.1 Å². The number of nitrogens with one attached hydrogen (secondary N) is 2. The van der Waals surface area contributed by atoms with Crippen LogP contribution in [0.3, 0.4) is 0 Å². The van der Waals surface area contributed by atoms with Gasteiger partial charge in [0.15, 0.2) is 0 Å². The highest BCUT2D eigenvalue weighted by atomic mass is 32.2. The van der Waals surface area contributed by atoms with E-state index in [9.17, 15) is 16.8 Å². The Kier molecular flexibility index (Phi) is 4.02. The van der Waals surface area contributed by atoms with Gasteiger partial charge in [0.25, 0.3) is 10.0 Å². The minimum atomic E-state index is -3.66. The van der Waals surface area contributed by atoms with Crippen molar-refractivity contribution in [2.45, 2.75) is 4.90 Å². The molecule has 1 aromatic heterocycles. The highest BCUT2D eigenvalue weighted by molar-refractivity contribution is 7.93. The molecule has 9 heteroatoms. The van der Waals surface area contributed by atoms with Crippen molar-refractivity contribution in [1.82, 2.24) is 0 Å². The molecule has 0 amide bonds. The van der Waals surface area contributed by atoms with E-state index in [2.05, 4.69) is 9.44 Å². The summed E-state index contributed by atoms with van der Waals surface area (Å²) in [7, 11) is -7.04. The second-order valence-electron chi connectivity index (χ2n) is 3.98. The lowest BCUT2D eigenvalue weighted by molar-refractivity contribution is 0.601. The van der Waals surface area contributed by atoms with Gasteiger partial charge in [0.1, 0.15) is 5.00 Å². The Hall–Kier alpha value is -1.58. The van der Waals surface area contributed by atoms with E-state index in [-0.39, 0.29) is 4.90 Å². The van der Waals surface area contributed by atoms with Crippen molar-refractivity contribution in [2.75, 3.05) is 15.7 Å². The molecule has 0 atom stereocenters. The molecule has 0 radical (unpaired) electrons. The van der Waals surface area contributed by atoms with Crippen LogP contribution < -0.4 is 9.44 Å². The Balaban J connectivity index is 2.21. The highest BCUT2D eigenvalue weighted by Crippen LogP contribution is 2.21. The molecule has 1 aromatic carbocycles. The van der Waals surface area contributed by atoms with Crippen LogP contribution in [0.15, 0.2) is 46.7 Å². The summed E-state index contributed by atoms with van der Waals surface area (Å²) in [5.41, 5.74) is 0.308. The third-order valence-electron chi connectivity index (χ3n) is 2.22. The molecule has 2 rings (SSSR count). The minimum absolute atomic E-state index is 0.0601. The average Bonchev–Trinajstić information content (AvgIpc) is 2.79.